The highest BCUT2D eigenvalue weighted by molar-refractivity contribution is 9.10. The number of nitrogens with one attached hydrogen (secondary N) is 2. The second-order valence-electron chi connectivity index (χ2n) is 5.23. The van der Waals surface area contributed by atoms with Crippen LogP contribution in [0.3, 0.4) is 0 Å². The number of benzene rings is 2. The standard InChI is InChI=1S/C17H19BrN2O2/c1-11(2)22-15-7-5-14(6-8-15)19-17(21)20-16-9-4-13(18)10-12(16)3/h4-11H,1-3H3,(H2,19,20,21). The molecule has 0 aromatic heterocycles. The molecule has 0 aliphatic heterocycles. The van der Waals surface area contributed by atoms with Crippen molar-refractivity contribution in [3.63, 3.8) is 0 Å². The highest BCUT2D eigenvalue weighted by atomic mass is 79.9. The summed E-state index contributed by atoms with van der Waals surface area (Å²) < 4.78 is 6.55. The van der Waals surface area contributed by atoms with Crippen molar-refractivity contribution in [2.24, 2.45) is 0 Å². The minimum Gasteiger partial charge on any atom is -0.491 e. The smallest absolute Gasteiger partial charge is 0.323 e. The Hall–Kier alpha value is -2.01. The van der Waals surface area contributed by atoms with E-state index in [2.05, 4.69) is 26.6 Å². The number of hydrogen-bond acceptors (Lipinski definition) is 2. The van der Waals surface area contributed by atoms with E-state index in [0.717, 1.165) is 21.5 Å². The van der Waals surface area contributed by atoms with Gasteiger partial charge in [0.2, 0.25) is 0 Å². The van der Waals surface area contributed by atoms with Crippen LogP contribution < -0.4 is 15.4 Å². The van der Waals surface area contributed by atoms with E-state index in [0.29, 0.717) is 5.69 Å². The van der Waals surface area contributed by atoms with Crippen LogP contribution in [0.2, 0.25) is 0 Å². The maximum atomic E-state index is 12.0. The quantitative estimate of drug-likeness (QED) is 0.786. The van der Waals surface area contributed by atoms with Crippen molar-refractivity contribution < 1.29 is 9.53 Å². The normalized spacial score (nSPS) is 10.4. The lowest BCUT2D eigenvalue weighted by Crippen LogP contribution is -2.19. The molecular weight excluding hydrogens is 344 g/mol. The fraction of sp³-hybridized carbons (Fsp3) is 0.235. The van der Waals surface area contributed by atoms with Crippen LogP contribution in [0.1, 0.15) is 19.4 Å². The molecule has 0 saturated heterocycles. The van der Waals surface area contributed by atoms with E-state index in [1.54, 1.807) is 0 Å². The van der Waals surface area contributed by atoms with Crippen molar-refractivity contribution >= 4 is 33.3 Å². The van der Waals surface area contributed by atoms with Gasteiger partial charge in [-0.05, 0) is 68.8 Å². The maximum Gasteiger partial charge on any atom is 0.323 e. The summed E-state index contributed by atoms with van der Waals surface area (Å²) in [4.78, 5) is 12.0. The predicted molar refractivity (Wildman–Crippen MR) is 93.7 cm³/mol. The van der Waals surface area contributed by atoms with E-state index >= 15 is 0 Å². The second-order valence-corrected chi connectivity index (χ2v) is 6.15. The van der Waals surface area contributed by atoms with Crippen molar-refractivity contribution in [2.75, 3.05) is 10.6 Å². The van der Waals surface area contributed by atoms with Crippen molar-refractivity contribution in [3.05, 3.63) is 52.5 Å². The predicted octanol–water partition coefficient (Wildman–Crippen LogP) is 5.19. The highest BCUT2D eigenvalue weighted by Crippen LogP contribution is 2.21. The summed E-state index contributed by atoms with van der Waals surface area (Å²) >= 11 is 3.40. The molecule has 0 radical (unpaired) electrons. The number of halogens is 1. The average molecular weight is 363 g/mol. The van der Waals surface area contributed by atoms with Crippen LogP contribution in [0.25, 0.3) is 0 Å². The molecule has 0 aliphatic carbocycles. The van der Waals surface area contributed by atoms with Gasteiger partial charge in [0.25, 0.3) is 0 Å². The molecule has 2 N–H and O–H groups in total. The number of amides is 2. The first-order valence-corrected chi connectivity index (χ1v) is 7.84. The Kier molecular flexibility index (Phi) is 5.44. The summed E-state index contributed by atoms with van der Waals surface area (Å²) in [6, 6.07) is 12.7. The number of hydrogen-bond donors (Lipinski definition) is 2. The van der Waals surface area contributed by atoms with Crippen LogP contribution in [0.5, 0.6) is 5.75 Å². The van der Waals surface area contributed by atoms with Crippen LogP contribution in [-0.4, -0.2) is 12.1 Å². The van der Waals surface area contributed by atoms with E-state index < -0.39 is 0 Å². The molecule has 2 aromatic carbocycles. The average Bonchev–Trinajstić information content (AvgIpc) is 2.43. The zero-order valence-electron chi connectivity index (χ0n) is 12.8. The van der Waals surface area contributed by atoms with Crippen molar-refractivity contribution in [1.82, 2.24) is 0 Å². The van der Waals surface area contributed by atoms with Crippen LogP contribution in [0.15, 0.2) is 46.9 Å². The van der Waals surface area contributed by atoms with Gasteiger partial charge in [-0.2, -0.15) is 0 Å². The Labute approximate surface area is 139 Å². The fourth-order valence-corrected chi connectivity index (χ4v) is 2.42. The number of carbonyl (C=O) groups excluding carboxylic acids is 1. The molecule has 0 heterocycles. The Morgan fingerprint density at radius 3 is 2.36 bits per heavy atom. The lowest BCUT2D eigenvalue weighted by molar-refractivity contribution is 0.242. The summed E-state index contributed by atoms with van der Waals surface area (Å²) in [5, 5.41) is 5.63. The minimum absolute atomic E-state index is 0.127. The fourth-order valence-electron chi connectivity index (χ4n) is 1.94. The number of aryl methyl sites for hydroxylation is 1. The summed E-state index contributed by atoms with van der Waals surface area (Å²) in [5.41, 5.74) is 2.48. The monoisotopic (exact) mass is 362 g/mol. The first-order valence-electron chi connectivity index (χ1n) is 7.05. The first-order chi connectivity index (χ1) is 10.4. The summed E-state index contributed by atoms with van der Waals surface area (Å²) in [6.07, 6.45) is 0.127. The lowest BCUT2D eigenvalue weighted by atomic mass is 10.2. The van der Waals surface area contributed by atoms with Gasteiger partial charge in [0.05, 0.1) is 6.10 Å². The summed E-state index contributed by atoms with van der Waals surface area (Å²) in [6.45, 7) is 5.89. The van der Waals surface area contributed by atoms with Gasteiger partial charge >= 0.3 is 6.03 Å². The lowest BCUT2D eigenvalue weighted by Gasteiger charge is -2.12. The van der Waals surface area contributed by atoms with Gasteiger partial charge in [0.1, 0.15) is 5.75 Å². The zero-order chi connectivity index (χ0) is 16.1. The topological polar surface area (TPSA) is 50.4 Å². The maximum absolute atomic E-state index is 12.0. The van der Waals surface area contributed by atoms with Crippen molar-refractivity contribution in [2.45, 2.75) is 26.9 Å². The van der Waals surface area contributed by atoms with Crippen LogP contribution in [-0.2, 0) is 0 Å². The van der Waals surface area contributed by atoms with Crippen molar-refractivity contribution in [1.29, 1.82) is 0 Å². The third-order valence-corrected chi connectivity index (χ3v) is 3.41. The van der Waals surface area contributed by atoms with Gasteiger partial charge in [-0.25, -0.2) is 4.79 Å². The third kappa shape index (κ3) is 4.77. The Morgan fingerprint density at radius 2 is 1.77 bits per heavy atom. The molecule has 0 aliphatic rings. The molecule has 0 atom stereocenters. The van der Waals surface area contributed by atoms with Gasteiger partial charge in [-0.15, -0.1) is 0 Å². The largest absolute Gasteiger partial charge is 0.491 e. The molecule has 116 valence electrons. The van der Waals surface area contributed by atoms with Gasteiger partial charge in [0, 0.05) is 15.8 Å². The molecule has 0 fully saturated rings. The molecule has 4 nitrogen and oxygen atoms in total. The number of ether oxygens (including phenoxy) is 1. The number of anilines is 2. The highest BCUT2D eigenvalue weighted by Gasteiger charge is 2.06. The SMILES string of the molecule is Cc1cc(Br)ccc1NC(=O)Nc1ccc(OC(C)C)cc1. The first kappa shape index (κ1) is 16.4. The second kappa shape index (κ2) is 7.31. The molecule has 2 rings (SSSR count). The number of rotatable bonds is 4. The molecule has 5 heteroatoms. The van der Waals surface area contributed by atoms with Gasteiger partial charge in [-0.1, -0.05) is 15.9 Å². The van der Waals surface area contributed by atoms with E-state index in [9.17, 15) is 4.79 Å². The molecule has 22 heavy (non-hydrogen) atoms. The molecule has 0 saturated carbocycles. The van der Waals surface area contributed by atoms with Gasteiger partial charge < -0.3 is 15.4 Å². The zero-order valence-corrected chi connectivity index (χ0v) is 14.4. The minimum atomic E-state index is -0.275. The molecule has 0 unspecified atom stereocenters. The van der Waals surface area contributed by atoms with Crippen LogP contribution in [0, 0.1) is 6.92 Å². The van der Waals surface area contributed by atoms with Crippen molar-refractivity contribution in [3.8, 4) is 5.75 Å². The summed E-state index contributed by atoms with van der Waals surface area (Å²) in [5.74, 6) is 0.782. The van der Waals surface area contributed by atoms with Gasteiger partial charge in [0.15, 0.2) is 0 Å². The molecule has 0 bridgehead atoms. The van der Waals surface area contributed by atoms with Gasteiger partial charge in [-0.3, -0.25) is 0 Å². The molecule has 0 spiro atoms. The Bertz CT molecular complexity index is 654. The number of carbonyl (C=O) groups is 1. The number of urea groups is 1. The van der Waals surface area contributed by atoms with Crippen LogP contribution >= 0.6 is 15.9 Å². The Morgan fingerprint density at radius 1 is 1.09 bits per heavy atom. The molecular formula is C17H19BrN2O2. The Balaban J connectivity index is 1.97. The molecule has 2 amide bonds. The van der Waals surface area contributed by atoms with Crippen LogP contribution in [0.4, 0.5) is 16.2 Å². The van der Waals surface area contributed by atoms with E-state index in [1.165, 1.54) is 0 Å². The van der Waals surface area contributed by atoms with E-state index in [-0.39, 0.29) is 12.1 Å². The third-order valence-electron chi connectivity index (χ3n) is 2.92. The van der Waals surface area contributed by atoms with E-state index in [1.807, 2.05) is 63.2 Å². The van der Waals surface area contributed by atoms with E-state index in [4.69, 9.17) is 4.74 Å². The molecule has 2 aromatic rings. The summed E-state index contributed by atoms with van der Waals surface area (Å²) in [7, 11) is 0.